The van der Waals surface area contributed by atoms with Crippen LogP contribution in [0.4, 0.5) is 11.4 Å². The predicted octanol–water partition coefficient (Wildman–Crippen LogP) is 2.70. The van der Waals surface area contributed by atoms with Crippen molar-refractivity contribution in [2.45, 2.75) is 18.2 Å². The molecule has 0 bridgehead atoms. The van der Waals surface area contributed by atoms with Crippen LogP contribution >= 0.6 is 0 Å². The maximum atomic E-state index is 12.0. The zero-order valence-electron chi connectivity index (χ0n) is 13.2. The van der Waals surface area contributed by atoms with Gasteiger partial charge in [0.25, 0.3) is 0 Å². The van der Waals surface area contributed by atoms with Crippen LogP contribution in [-0.4, -0.2) is 27.1 Å². The number of benzene rings is 2. The molecule has 0 aliphatic rings. The first kappa shape index (κ1) is 17.0. The van der Waals surface area contributed by atoms with E-state index in [0.717, 1.165) is 23.9 Å². The third-order valence-electron chi connectivity index (χ3n) is 3.39. The summed E-state index contributed by atoms with van der Waals surface area (Å²) in [6.45, 7) is 2.09. The number of nitrogens with one attached hydrogen (secondary N) is 2. The number of amides is 1. The van der Waals surface area contributed by atoms with Crippen molar-refractivity contribution in [2.24, 2.45) is 0 Å². The van der Waals surface area contributed by atoms with Crippen molar-refractivity contribution in [3.05, 3.63) is 54.1 Å². The molecular weight excluding hydrogens is 312 g/mol. The summed E-state index contributed by atoms with van der Waals surface area (Å²) in [5.41, 5.74) is 2.46. The number of sulfone groups is 1. The molecule has 0 aliphatic heterocycles. The summed E-state index contributed by atoms with van der Waals surface area (Å²) < 4.78 is 23.1. The van der Waals surface area contributed by atoms with Crippen molar-refractivity contribution in [3.63, 3.8) is 0 Å². The Morgan fingerprint density at radius 2 is 1.83 bits per heavy atom. The third-order valence-corrected chi connectivity index (χ3v) is 4.50. The lowest BCUT2D eigenvalue weighted by Gasteiger charge is -2.11. The minimum absolute atomic E-state index is 0.0608. The van der Waals surface area contributed by atoms with Crippen LogP contribution in [0.25, 0.3) is 0 Å². The second-order valence-corrected chi connectivity index (χ2v) is 7.23. The van der Waals surface area contributed by atoms with E-state index in [2.05, 4.69) is 10.6 Å². The molecule has 1 amide bonds. The van der Waals surface area contributed by atoms with Crippen molar-refractivity contribution in [1.82, 2.24) is 0 Å². The van der Waals surface area contributed by atoms with Gasteiger partial charge in [-0.1, -0.05) is 31.2 Å². The molecule has 2 aromatic carbocycles. The lowest BCUT2D eigenvalue weighted by Crippen LogP contribution is -2.22. The van der Waals surface area contributed by atoms with E-state index >= 15 is 0 Å². The van der Waals surface area contributed by atoms with E-state index in [1.807, 2.05) is 31.2 Å². The first-order chi connectivity index (χ1) is 10.9. The van der Waals surface area contributed by atoms with Crippen molar-refractivity contribution < 1.29 is 13.2 Å². The van der Waals surface area contributed by atoms with Crippen molar-refractivity contribution in [1.29, 1.82) is 0 Å². The van der Waals surface area contributed by atoms with Crippen LogP contribution in [-0.2, 0) is 21.1 Å². The van der Waals surface area contributed by atoms with E-state index < -0.39 is 9.84 Å². The van der Waals surface area contributed by atoms with Gasteiger partial charge >= 0.3 is 0 Å². The molecule has 0 atom stereocenters. The van der Waals surface area contributed by atoms with Gasteiger partial charge in [0.2, 0.25) is 5.91 Å². The van der Waals surface area contributed by atoms with Gasteiger partial charge in [0.15, 0.2) is 9.84 Å². The van der Waals surface area contributed by atoms with Gasteiger partial charge in [-0.25, -0.2) is 8.42 Å². The Morgan fingerprint density at radius 3 is 2.52 bits per heavy atom. The van der Waals surface area contributed by atoms with Gasteiger partial charge in [-0.05, 0) is 36.2 Å². The van der Waals surface area contributed by atoms with Gasteiger partial charge in [-0.2, -0.15) is 0 Å². The summed E-state index contributed by atoms with van der Waals surface area (Å²) in [5.74, 6) is -0.185. The second kappa shape index (κ2) is 7.28. The molecule has 0 aromatic heterocycles. The molecular formula is C17H20N2O3S. The fourth-order valence-electron chi connectivity index (χ4n) is 2.16. The molecule has 2 N–H and O–H groups in total. The number of anilines is 2. The average molecular weight is 332 g/mol. The van der Waals surface area contributed by atoms with Crippen LogP contribution in [0.15, 0.2) is 53.4 Å². The lowest BCUT2D eigenvalue weighted by atomic mass is 10.1. The van der Waals surface area contributed by atoms with Crippen LogP contribution in [0.1, 0.15) is 12.5 Å². The Bertz CT molecular complexity index is 801. The van der Waals surface area contributed by atoms with E-state index in [4.69, 9.17) is 0 Å². The van der Waals surface area contributed by atoms with E-state index in [9.17, 15) is 13.2 Å². The molecule has 0 spiro atoms. The Kier molecular flexibility index (Phi) is 5.39. The molecule has 0 unspecified atom stereocenters. The third kappa shape index (κ3) is 4.82. The number of hydrogen-bond donors (Lipinski definition) is 2. The fourth-order valence-corrected chi connectivity index (χ4v) is 2.83. The van der Waals surface area contributed by atoms with Crippen LogP contribution in [0, 0.1) is 0 Å². The minimum atomic E-state index is -3.26. The Hall–Kier alpha value is -2.34. The number of aryl methyl sites for hydroxylation is 1. The highest BCUT2D eigenvalue weighted by Crippen LogP contribution is 2.16. The molecule has 0 heterocycles. The monoisotopic (exact) mass is 332 g/mol. The molecule has 5 nitrogen and oxygen atoms in total. The van der Waals surface area contributed by atoms with Gasteiger partial charge in [-0.3, -0.25) is 4.79 Å². The van der Waals surface area contributed by atoms with Crippen LogP contribution < -0.4 is 10.6 Å². The fraction of sp³-hybridized carbons (Fsp3) is 0.235. The molecule has 0 fully saturated rings. The van der Waals surface area contributed by atoms with Gasteiger partial charge in [-0.15, -0.1) is 0 Å². The summed E-state index contributed by atoms with van der Waals surface area (Å²) >= 11 is 0. The van der Waals surface area contributed by atoms with Crippen LogP contribution in [0.3, 0.4) is 0 Å². The summed E-state index contributed by atoms with van der Waals surface area (Å²) in [7, 11) is -3.26. The zero-order chi connectivity index (χ0) is 16.9. The zero-order valence-corrected chi connectivity index (χ0v) is 14.0. The SMILES string of the molecule is CCc1ccccc1NC(=O)CNc1cccc(S(C)(=O)=O)c1. The largest absolute Gasteiger partial charge is 0.376 e. The standard InChI is InChI=1S/C17H20N2O3S/c1-3-13-7-4-5-10-16(13)19-17(20)12-18-14-8-6-9-15(11-14)23(2,21)22/h4-11,18H,3,12H2,1-2H3,(H,19,20). The lowest BCUT2D eigenvalue weighted by molar-refractivity contribution is -0.114. The number of rotatable bonds is 6. The molecule has 2 aromatic rings. The van der Waals surface area contributed by atoms with E-state index in [1.165, 1.54) is 12.1 Å². The van der Waals surface area contributed by atoms with E-state index in [0.29, 0.717) is 5.69 Å². The average Bonchev–Trinajstić information content (AvgIpc) is 2.53. The van der Waals surface area contributed by atoms with E-state index in [1.54, 1.807) is 12.1 Å². The molecule has 0 radical (unpaired) electrons. The number of carbonyl (C=O) groups excluding carboxylic acids is 1. The first-order valence-electron chi connectivity index (χ1n) is 7.32. The second-order valence-electron chi connectivity index (χ2n) is 5.21. The Labute approximate surface area is 136 Å². The summed E-state index contributed by atoms with van der Waals surface area (Å²) in [4.78, 5) is 12.3. The minimum Gasteiger partial charge on any atom is -0.376 e. The summed E-state index contributed by atoms with van der Waals surface area (Å²) in [5, 5.41) is 5.80. The van der Waals surface area contributed by atoms with Gasteiger partial charge < -0.3 is 10.6 Å². The topological polar surface area (TPSA) is 75.3 Å². The number of hydrogen-bond acceptors (Lipinski definition) is 4. The van der Waals surface area contributed by atoms with Gasteiger partial charge in [0.1, 0.15) is 0 Å². The molecule has 23 heavy (non-hydrogen) atoms. The quantitative estimate of drug-likeness (QED) is 0.853. The highest BCUT2D eigenvalue weighted by Gasteiger charge is 2.09. The number of carbonyl (C=O) groups is 1. The normalized spacial score (nSPS) is 11.0. The summed E-state index contributed by atoms with van der Waals surface area (Å²) in [6, 6.07) is 14.0. The molecule has 0 aliphatic carbocycles. The molecule has 0 saturated heterocycles. The molecule has 6 heteroatoms. The smallest absolute Gasteiger partial charge is 0.243 e. The molecule has 122 valence electrons. The maximum Gasteiger partial charge on any atom is 0.243 e. The maximum absolute atomic E-state index is 12.0. The van der Waals surface area contributed by atoms with Crippen LogP contribution in [0.5, 0.6) is 0 Å². The molecule has 2 rings (SSSR count). The van der Waals surface area contributed by atoms with Gasteiger partial charge in [0, 0.05) is 17.6 Å². The van der Waals surface area contributed by atoms with Crippen molar-refractivity contribution in [3.8, 4) is 0 Å². The molecule has 0 saturated carbocycles. The predicted molar refractivity (Wildman–Crippen MR) is 92.5 cm³/mol. The number of para-hydroxylation sites is 1. The highest BCUT2D eigenvalue weighted by molar-refractivity contribution is 7.90. The van der Waals surface area contributed by atoms with Gasteiger partial charge in [0.05, 0.1) is 11.4 Å². The Balaban J connectivity index is 2.00. The first-order valence-corrected chi connectivity index (χ1v) is 9.21. The highest BCUT2D eigenvalue weighted by atomic mass is 32.2. The summed E-state index contributed by atoms with van der Waals surface area (Å²) in [6.07, 6.45) is 1.99. The van der Waals surface area contributed by atoms with Crippen LogP contribution in [0.2, 0.25) is 0 Å². The Morgan fingerprint density at radius 1 is 1.09 bits per heavy atom. The van der Waals surface area contributed by atoms with Crippen molar-refractivity contribution in [2.75, 3.05) is 23.4 Å². The van der Waals surface area contributed by atoms with Crippen molar-refractivity contribution >= 4 is 27.1 Å². The van der Waals surface area contributed by atoms with E-state index in [-0.39, 0.29) is 17.3 Å².